The second-order valence-electron chi connectivity index (χ2n) is 5.08. The predicted molar refractivity (Wildman–Crippen MR) is 87.6 cm³/mol. The summed E-state index contributed by atoms with van der Waals surface area (Å²) in [6, 6.07) is 18.2. The quantitative estimate of drug-likeness (QED) is 0.736. The smallest absolute Gasteiger partial charge is 0.216 e. The molecule has 0 radical (unpaired) electrons. The van der Waals surface area contributed by atoms with E-state index < -0.39 is 0 Å². The zero-order valence-corrected chi connectivity index (χ0v) is 12.8. The normalized spacial score (nSPS) is 10.2. The monoisotopic (exact) mass is 298 g/mol. The van der Waals surface area contributed by atoms with Crippen LogP contribution in [0.2, 0.25) is 0 Å². The van der Waals surface area contributed by atoms with Crippen LogP contribution in [0.5, 0.6) is 5.75 Å². The summed E-state index contributed by atoms with van der Waals surface area (Å²) < 4.78 is 5.75. The van der Waals surface area contributed by atoms with Crippen LogP contribution in [-0.4, -0.2) is 19.0 Å². The van der Waals surface area contributed by atoms with Gasteiger partial charge in [-0.05, 0) is 23.3 Å². The van der Waals surface area contributed by atoms with E-state index in [0.717, 1.165) is 24.4 Å². The first kappa shape index (κ1) is 16.0. The van der Waals surface area contributed by atoms with Gasteiger partial charge >= 0.3 is 0 Å². The Balaban J connectivity index is 1.70. The molecule has 22 heavy (non-hydrogen) atoms. The van der Waals surface area contributed by atoms with E-state index in [1.54, 1.807) is 0 Å². The molecule has 0 aliphatic carbocycles. The van der Waals surface area contributed by atoms with Gasteiger partial charge < -0.3 is 15.4 Å². The molecule has 0 unspecified atom stereocenters. The fourth-order valence-electron chi connectivity index (χ4n) is 2.00. The van der Waals surface area contributed by atoms with E-state index in [-0.39, 0.29) is 5.91 Å². The molecule has 0 fully saturated rings. The maximum absolute atomic E-state index is 10.7. The molecule has 4 nitrogen and oxygen atoms in total. The summed E-state index contributed by atoms with van der Waals surface area (Å²) in [5, 5.41) is 6.03. The maximum atomic E-state index is 10.7. The summed E-state index contributed by atoms with van der Waals surface area (Å²) in [5.74, 6) is 0.868. The molecule has 0 aromatic heterocycles. The third kappa shape index (κ3) is 5.97. The van der Waals surface area contributed by atoms with Crippen molar-refractivity contribution in [1.29, 1.82) is 0 Å². The Kier molecular flexibility index (Phi) is 6.45. The van der Waals surface area contributed by atoms with Crippen LogP contribution in [0.25, 0.3) is 0 Å². The summed E-state index contributed by atoms with van der Waals surface area (Å²) in [6.45, 7) is 4.28. The minimum atomic E-state index is 0.00159. The molecule has 0 atom stereocenters. The first-order valence-electron chi connectivity index (χ1n) is 7.45. The molecule has 0 aliphatic heterocycles. The third-order valence-corrected chi connectivity index (χ3v) is 3.18. The lowest BCUT2D eigenvalue weighted by atomic mass is 10.2. The third-order valence-electron chi connectivity index (χ3n) is 3.18. The van der Waals surface area contributed by atoms with E-state index in [0.29, 0.717) is 13.2 Å². The molecule has 0 saturated heterocycles. The van der Waals surface area contributed by atoms with Crippen molar-refractivity contribution in [3.63, 3.8) is 0 Å². The van der Waals surface area contributed by atoms with Gasteiger partial charge in [-0.1, -0.05) is 42.5 Å². The van der Waals surface area contributed by atoms with E-state index in [1.165, 1.54) is 12.5 Å². The average molecular weight is 298 g/mol. The number of hydrogen-bond acceptors (Lipinski definition) is 3. The first-order valence-corrected chi connectivity index (χ1v) is 7.45. The van der Waals surface area contributed by atoms with Crippen LogP contribution in [-0.2, 0) is 17.9 Å². The van der Waals surface area contributed by atoms with Gasteiger partial charge in [0.15, 0.2) is 0 Å². The van der Waals surface area contributed by atoms with Crippen molar-refractivity contribution in [3.05, 3.63) is 65.7 Å². The summed E-state index contributed by atoms with van der Waals surface area (Å²) in [7, 11) is 0. The molecule has 2 aromatic carbocycles. The van der Waals surface area contributed by atoms with Crippen molar-refractivity contribution < 1.29 is 9.53 Å². The molecule has 1 amide bonds. The highest BCUT2D eigenvalue weighted by atomic mass is 16.5. The maximum Gasteiger partial charge on any atom is 0.216 e. The van der Waals surface area contributed by atoms with Gasteiger partial charge in [0.1, 0.15) is 12.4 Å². The lowest BCUT2D eigenvalue weighted by Crippen LogP contribution is -2.29. The highest BCUT2D eigenvalue weighted by molar-refractivity contribution is 5.72. The lowest BCUT2D eigenvalue weighted by Gasteiger charge is -2.08. The van der Waals surface area contributed by atoms with Crippen LogP contribution < -0.4 is 15.4 Å². The highest BCUT2D eigenvalue weighted by Gasteiger charge is 1.97. The van der Waals surface area contributed by atoms with Crippen molar-refractivity contribution in [2.75, 3.05) is 13.1 Å². The molecular formula is C18H22N2O2. The molecule has 116 valence electrons. The van der Waals surface area contributed by atoms with Gasteiger partial charge in [-0.15, -0.1) is 0 Å². The number of amides is 1. The van der Waals surface area contributed by atoms with E-state index in [9.17, 15) is 4.79 Å². The summed E-state index contributed by atoms with van der Waals surface area (Å²) in [4.78, 5) is 10.7. The van der Waals surface area contributed by atoms with Crippen molar-refractivity contribution >= 4 is 5.91 Å². The Morgan fingerprint density at radius 3 is 2.36 bits per heavy atom. The number of benzene rings is 2. The van der Waals surface area contributed by atoms with Gasteiger partial charge in [-0.3, -0.25) is 4.79 Å². The Labute approximate surface area is 131 Å². The fraction of sp³-hybridized carbons (Fsp3) is 0.278. The average Bonchev–Trinajstić information content (AvgIpc) is 2.54. The molecule has 0 bridgehead atoms. The zero-order valence-electron chi connectivity index (χ0n) is 12.8. The number of ether oxygens (including phenoxy) is 1. The number of carbonyl (C=O) groups excluding carboxylic acids is 1. The van der Waals surface area contributed by atoms with Gasteiger partial charge in [0, 0.05) is 26.6 Å². The molecule has 0 spiro atoms. The summed E-state index contributed by atoms with van der Waals surface area (Å²) in [6.07, 6.45) is 0. The van der Waals surface area contributed by atoms with E-state index in [2.05, 4.69) is 10.6 Å². The first-order chi connectivity index (χ1) is 10.7. The fourth-order valence-corrected chi connectivity index (χ4v) is 2.00. The second-order valence-corrected chi connectivity index (χ2v) is 5.08. The van der Waals surface area contributed by atoms with Gasteiger partial charge in [0.2, 0.25) is 5.91 Å². The molecule has 0 aliphatic rings. The molecule has 2 aromatic rings. The molecular weight excluding hydrogens is 276 g/mol. The molecule has 0 heterocycles. The zero-order chi connectivity index (χ0) is 15.6. The Morgan fingerprint density at radius 1 is 0.955 bits per heavy atom. The standard InChI is InChI=1S/C18H22N2O2/c1-15(21)20-12-11-19-13-16-7-9-18(10-8-16)22-14-17-5-3-2-4-6-17/h2-10,19H,11-14H2,1H3,(H,20,21). The molecule has 2 rings (SSSR count). The van der Waals surface area contributed by atoms with Crippen LogP contribution in [0, 0.1) is 0 Å². The Morgan fingerprint density at radius 2 is 1.68 bits per heavy atom. The molecule has 4 heteroatoms. The number of hydrogen-bond donors (Lipinski definition) is 2. The van der Waals surface area contributed by atoms with Gasteiger partial charge in [-0.25, -0.2) is 0 Å². The van der Waals surface area contributed by atoms with Crippen molar-refractivity contribution in [2.24, 2.45) is 0 Å². The summed E-state index contributed by atoms with van der Waals surface area (Å²) in [5.41, 5.74) is 2.35. The van der Waals surface area contributed by atoms with Crippen molar-refractivity contribution in [1.82, 2.24) is 10.6 Å². The van der Waals surface area contributed by atoms with E-state index >= 15 is 0 Å². The molecule has 0 saturated carbocycles. The Bertz CT molecular complexity index is 567. The minimum Gasteiger partial charge on any atom is -0.489 e. The van der Waals surface area contributed by atoms with Crippen LogP contribution in [0.15, 0.2) is 54.6 Å². The largest absolute Gasteiger partial charge is 0.489 e. The van der Waals surface area contributed by atoms with Crippen LogP contribution in [0.1, 0.15) is 18.1 Å². The highest BCUT2D eigenvalue weighted by Crippen LogP contribution is 2.14. The van der Waals surface area contributed by atoms with Crippen LogP contribution in [0.4, 0.5) is 0 Å². The minimum absolute atomic E-state index is 0.00159. The molecule has 2 N–H and O–H groups in total. The lowest BCUT2D eigenvalue weighted by molar-refractivity contribution is -0.118. The number of nitrogens with one attached hydrogen (secondary N) is 2. The topological polar surface area (TPSA) is 50.4 Å². The second kappa shape index (κ2) is 8.85. The summed E-state index contributed by atoms with van der Waals surface area (Å²) >= 11 is 0. The van der Waals surface area contributed by atoms with Crippen LogP contribution in [0.3, 0.4) is 0 Å². The van der Waals surface area contributed by atoms with E-state index in [4.69, 9.17) is 4.74 Å². The number of carbonyl (C=O) groups is 1. The van der Waals surface area contributed by atoms with Gasteiger partial charge in [0.25, 0.3) is 0 Å². The number of rotatable bonds is 8. The van der Waals surface area contributed by atoms with Gasteiger partial charge in [-0.2, -0.15) is 0 Å². The van der Waals surface area contributed by atoms with Crippen molar-refractivity contribution in [3.8, 4) is 5.75 Å². The predicted octanol–water partition coefficient (Wildman–Crippen LogP) is 2.49. The van der Waals surface area contributed by atoms with E-state index in [1.807, 2.05) is 54.6 Å². The Hall–Kier alpha value is -2.33. The van der Waals surface area contributed by atoms with Crippen LogP contribution >= 0.6 is 0 Å². The SMILES string of the molecule is CC(=O)NCCNCc1ccc(OCc2ccccc2)cc1. The van der Waals surface area contributed by atoms with Gasteiger partial charge in [0.05, 0.1) is 0 Å². The van der Waals surface area contributed by atoms with Crippen molar-refractivity contribution in [2.45, 2.75) is 20.1 Å².